The molecule has 1 atom stereocenters. The molecule has 10 nitrogen and oxygen atoms in total. The number of nitrogens with zero attached hydrogens (tertiary/aromatic N) is 5. The molecule has 5 rings (SSSR count). The Bertz CT molecular complexity index is 1740. The summed E-state index contributed by atoms with van der Waals surface area (Å²) in [6.07, 6.45) is 1.92. The second-order valence-electron chi connectivity index (χ2n) is 11.1. The monoisotopic (exact) mass is 608 g/mol. The third-order valence-corrected chi connectivity index (χ3v) is 7.60. The van der Waals surface area contributed by atoms with Crippen LogP contribution in [0.1, 0.15) is 59.7 Å². The zero-order chi connectivity index (χ0) is 30.3. The van der Waals surface area contributed by atoms with Gasteiger partial charge in [-0.15, -0.1) is 0 Å². The van der Waals surface area contributed by atoms with E-state index in [4.69, 9.17) is 32.9 Å². The Kier molecular flexibility index (Phi) is 7.87. The van der Waals surface area contributed by atoms with Crippen LogP contribution in [-0.4, -0.2) is 47.8 Å². The average molecular weight is 610 g/mol. The Morgan fingerprint density at radius 2 is 1.71 bits per heavy atom. The van der Waals surface area contributed by atoms with E-state index in [1.807, 2.05) is 6.92 Å². The highest BCUT2D eigenvalue weighted by Crippen LogP contribution is 2.28. The number of fused-ring (bicyclic) bond motifs is 1. The molecule has 2 aromatic heterocycles. The van der Waals surface area contributed by atoms with E-state index in [1.165, 1.54) is 10.6 Å². The zero-order valence-electron chi connectivity index (χ0n) is 23.8. The molecule has 2 aromatic carbocycles. The molecular formula is C30H30Cl2N6O4. The second kappa shape index (κ2) is 11.3. The van der Waals surface area contributed by atoms with Crippen molar-refractivity contribution in [2.45, 2.75) is 52.3 Å². The maximum atomic E-state index is 14.1. The van der Waals surface area contributed by atoms with Gasteiger partial charge in [-0.05, 0) is 76.6 Å². The van der Waals surface area contributed by atoms with Crippen LogP contribution in [0.25, 0.3) is 5.69 Å². The molecule has 3 heterocycles. The Morgan fingerprint density at radius 1 is 1.02 bits per heavy atom. The van der Waals surface area contributed by atoms with Crippen LogP contribution in [-0.2, 0) is 24.8 Å². The van der Waals surface area contributed by atoms with Crippen molar-refractivity contribution in [3.63, 3.8) is 0 Å². The first-order chi connectivity index (χ1) is 19.8. The van der Waals surface area contributed by atoms with Crippen LogP contribution >= 0.6 is 23.2 Å². The first kappa shape index (κ1) is 29.3. The number of ether oxygens (including phenoxy) is 1. The molecule has 0 saturated heterocycles. The SMILES string of the molecule is C[C@@H]1Cc2c(nc(Nc3ccnn3C)n(-c3ccc(C(=O)OC(C)(C)C)cc3)c2=O)CN1C(=O)c1ccc(Cl)c(Cl)c1. The van der Waals surface area contributed by atoms with Gasteiger partial charge in [-0.25, -0.2) is 14.3 Å². The fourth-order valence-corrected chi connectivity index (χ4v) is 5.04. The summed E-state index contributed by atoms with van der Waals surface area (Å²) in [4.78, 5) is 46.6. The van der Waals surface area contributed by atoms with Gasteiger partial charge in [0.15, 0.2) is 0 Å². The number of aromatic nitrogens is 4. The third-order valence-electron chi connectivity index (χ3n) is 6.86. The largest absolute Gasteiger partial charge is 0.456 e. The highest BCUT2D eigenvalue weighted by molar-refractivity contribution is 6.42. The molecule has 4 aromatic rings. The number of halogens is 2. The van der Waals surface area contributed by atoms with Crippen molar-refractivity contribution < 1.29 is 14.3 Å². The van der Waals surface area contributed by atoms with Crippen molar-refractivity contribution in [1.29, 1.82) is 0 Å². The lowest BCUT2D eigenvalue weighted by Gasteiger charge is -2.34. The van der Waals surface area contributed by atoms with E-state index in [9.17, 15) is 14.4 Å². The van der Waals surface area contributed by atoms with Crippen LogP contribution in [0.4, 0.5) is 11.8 Å². The summed E-state index contributed by atoms with van der Waals surface area (Å²) in [6.45, 7) is 7.42. The van der Waals surface area contributed by atoms with Gasteiger partial charge in [0.1, 0.15) is 11.4 Å². The van der Waals surface area contributed by atoms with E-state index in [2.05, 4.69) is 10.4 Å². The molecule has 0 bridgehead atoms. The van der Waals surface area contributed by atoms with Crippen molar-refractivity contribution >= 4 is 46.8 Å². The lowest BCUT2D eigenvalue weighted by molar-refractivity contribution is 0.00693. The van der Waals surface area contributed by atoms with E-state index in [-0.39, 0.29) is 35.0 Å². The molecule has 0 unspecified atom stereocenters. The Hall–Kier alpha value is -4.15. The quantitative estimate of drug-likeness (QED) is 0.295. The molecule has 0 aliphatic carbocycles. The van der Waals surface area contributed by atoms with Crippen molar-refractivity contribution in [3.05, 3.63) is 97.5 Å². The topological polar surface area (TPSA) is 111 Å². The summed E-state index contributed by atoms with van der Waals surface area (Å²) in [5.74, 6) is 0.146. The van der Waals surface area contributed by atoms with Gasteiger partial charge >= 0.3 is 5.97 Å². The van der Waals surface area contributed by atoms with E-state index in [1.54, 1.807) is 86.1 Å². The maximum absolute atomic E-state index is 14.1. The van der Waals surface area contributed by atoms with Crippen LogP contribution in [0.3, 0.4) is 0 Å². The van der Waals surface area contributed by atoms with Gasteiger partial charge in [0.05, 0.1) is 39.7 Å². The minimum absolute atomic E-state index is 0.128. The third kappa shape index (κ3) is 5.91. The predicted octanol–water partition coefficient (Wildman–Crippen LogP) is 5.56. The fourth-order valence-electron chi connectivity index (χ4n) is 4.74. The molecule has 0 fully saturated rings. The minimum atomic E-state index is -0.638. The summed E-state index contributed by atoms with van der Waals surface area (Å²) in [5, 5.41) is 8.04. The number of anilines is 2. The van der Waals surface area contributed by atoms with Gasteiger partial charge in [-0.1, -0.05) is 23.2 Å². The smallest absolute Gasteiger partial charge is 0.338 e. The number of carbonyl (C=O) groups excluding carboxylic acids is 2. The lowest BCUT2D eigenvalue weighted by atomic mass is 9.98. The van der Waals surface area contributed by atoms with Gasteiger partial charge < -0.3 is 15.0 Å². The molecule has 1 aliphatic heterocycles. The van der Waals surface area contributed by atoms with Crippen molar-refractivity contribution in [2.75, 3.05) is 5.32 Å². The summed E-state index contributed by atoms with van der Waals surface area (Å²) in [5.41, 5.74) is 1.34. The summed E-state index contributed by atoms with van der Waals surface area (Å²) in [7, 11) is 1.76. The van der Waals surface area contributed by atoms with Crippen molar-refractivity contribution in [2.24, 2.45) is 7.05 Å². The van der Waals surface area contributed by atoms with E-state index in [0.717, 1.165) is 0 Å². The molecular weight excluding hydrogens is 579 g/mol. The van der Waals surface area contributed by atoms with Gasteiger partial charge in [0, 0.05) is 30.3 Å². The molecule has 42 heavy (non-hydrogen) atoms. The van der Waals surface area contributed by atoms with Crippen LogP contribution < -0.4 is 10.9 Å². The predicted molar refractivity (Wildman–Crippen MR) is 161 cm³/mol. The number of carbonyl (C=O) groups is 2. The fraction of sp³-hybridized carbons (Fsp3) is 0.300. The Balaban J connectivity index is 1.55. The average Bonchev–Trinajstić information content (AvgIpc) is 3.33. The maximum Gasteiger partial charge on any atom is 0.338 e. The van der Waals surface area contributed by atoms with Crippen LogP contribution in [0.15, 0.2) is 59.5 Å². The van der Waals surface area contributed by atoms with Crippen molar-refractivity contribution in [3.8, 4) is 5.69 Å². The highest BCUT2D eigenvalue weighted by atomic mass is 35.5. The standard InChI is InChI=1S/C30H30Cl2N6O4/c1-17-14-21-24(16-37(17)26(39)19-8-11-22(31)23(32)15-19)34-29(35-25-12-13-33-36(25)5)38(27(21)40)20-9-6-18(7-10-20)28(41)42-30(2,3)4/h6-13,15,17H,14,16H2,1-5H3,(H,34,35)/t17-/m1/s1. The summed E-state index contributed by atoms with van der Waals surface area (Å²) < 4.78 is 8.55. The number of hydrogen-bond donors (Lipinski definition) is 1. The number of amides is 1. The minimum Gasteiger partial charge on any atom is -0.456 e. The zero-order valence-corrected chi connectivity index (χ0v) is 25.3. The molecule has 0 radical (unpaired) electrons. The van der Waals surface area contributed by atoms with Gasteiger partial charge in [-0.2, -0.15) is 5.10 Å². The van der Waals surface area contributed by atoms with E-state index >= 15 is 0 Å². The molecule has 12 heteroatoms. The Morgan fingerprint density at radius 3 is 2.33 bits per heavy atom. The lowest BCUT2D eigenvalue weighted by Crippen LogP contribution is -2.46. The van der Waals surface area contributed by atoms with E-state index in [0.29, 0.717) is 45.3 Å². The van der Waals surface area contributed by atoms with Gasteiger partial charge in [-0.3, -0.25) is 14.3 Å². The first-order valence-corrected chi connectivity index (χ1v) is 14.1. The number of benzene rings is 2. The molecule has 1 amide bonds. The van der Waals surface area contributed by atoms with E-state index < -0.39 is 11.6 Å². The molecule has 0 spiro atoms. The van der Waals surface area contributed by atoms with Gasteiger partial charge in [0.2, 0.25) is 5.95 Å². The molecule has 0 saturated carbocycles. The summed E-state index contributed by atoms with van der Waals surface area (Å²) in [6, 6.07) is 12.8. The second-order valence-corrected chi connectivity index (χ2v) is 11.9. The number of hydrogen-bond acceptors (Lipinski definition) is 7. The molecule has 218 valence electrons. The van der Waals surface area contributed by atoms with Crippen LogP contribution in [0, 0.1) is 0 Å². The van der Waals surface area contributed by atoms with Crippen LogP contribution in [0.5, 0.6) is 0 Å². The first-order valence-electron chi connectivity index (χ1n) is 13.3. The summed E-state index contributed by atoms with van der Waals surface area (Å²) >= 11 is 12.2. The Labute approximate surface area is 252 Å². The number of esters is 1. The number of nitrogens with one attached hydrogen (secondary N) is 1. The normalized spacial score (nSPS) is 14.8. The highest BCUT2D eigenvalue weighted by Gasteiger charge is 2.32. The van der Waals surface area contributed by atoms with Crippen LogP contribution in [0.2, 0.25) is 10.0 Å². The van der Waals surface area contributed by atoms with Gasteiger partial charge in [0.25, 0.3) is 11.5 Å². The molecule has 1 aliphatic rings. The number of rotatable bonds is 5. The number of aryl methyl sites for hydroxylation is 1. The van der Waals surface area contributed by atoms with Crippen molar-refractivity contribution in [1.82, 2.24) is 24.2 Å². The molecule has 1 N–H and O–H groups in total.